The van der Waals surface area contributed by atoms with Crippen molar-refractivity contribution in [2.75, 3.05) is 19.6 Å². The highest BCUT2D eigenvalue weighted by Crippen LogP contribution is 2.13. The van der Waals surface area contributed by atoms with E-state index < -0.39 is 0 Å². The van der Waals surface area contributed by atoms with Crippen LogP contribution in [0.3, 0.4) is 0 Å². The van der Waals surface area contributed by atoms with Gasteiger partial charge in [-0.2, -0.15) is 0 Å². The number of hydrogen-bond donors (Lipinski definition) is 1. The second-order valence-corrected chi connectivity index (χ2v) is 3.90. The Bertz CT molecular complexity index is 180. The van der Waals surface area contributed by atoms with Gasteiger partial charge in [0.05, 0.1) is 5.71 Å². The summed E-state index contributed by atoms with van der Waals surface area (Å²) in [5.41, 5.74) is 0.966. The largest absolute Gasteiger partial charge is 0.411 e. The summed E-state index contributed by atoms with van der Waals surface area (Å²) in [7, 11) is 0. The van der Waals surface area contributed by atoms with Crippen LogP contribution in [0.4, 0.5) is 0 Å². The summed E-state index contributed by atoms with van der Waals surface area (Å²) in [6.07, 6.45) is 3.46. The molecule has 1 fully saturated rings. The van der Waals surface area contributed by atoms with E-state index in [2.05, 4.69) is 23.9 Å². The van der Waals surface area contributed by atoms with E-state index in [-0.39, 0.29) is 0 Å². The third-order valence-electron chi connectivity index (χ3n) is 2.74. The molecule has 13 heavy (non-hydrogen) atoms. The van der Waals surface area contributed by atoms with Crippen LogP contribution in [-0.2, 0) is 0 Å². The Morgan fingerprint density at radius 2 is 2.38 bits per heavy atom. The molecule has 1 N–H and O–H groups in total. The minimum absolute atomic E-state index is 0.426. The molecule has 1 atom stereocenters. The van der Waals surface area contributed by atoms with Crippen molar-refractivity contribution in [3.05, 3.63) is 0 Å². The number of hydrogen-bond acceptors (Lipinski definition) is 3. The van der Waals surface area contributed by atoms with Crippen LogP contribution in [0, 0.1) is 5.92 Å². The SMILES string of the molecule is CCCCN1CC/C(=N/O)C(C)C1. The Morgan fingerprint density at radius 1 is 1.62 bits per heavy atom. The lowest BCUT2D eigenvalue weighted by molar-refractivity contribution is 0.233. The lowest BCUT2D eigenvalue weighted by atomic mass is 9.97. The average Bonchev–Trinajstić information content (AvgIpc) is 2.15. The number of piperidine rings is 1. The molecule has 0 aromatic heterocycles. The molecular weight excluding hydrogens is 164 g/mol. The molecule has 1 saturated heterocycles. The van der Waals surface area contributed by atoms with Crippen LogP contribution < -0.4 is 0 Å². The van der Waals surface area contributed by atoms with E-state index in [1.807, 2.05) is 0 Å². The van der Waals surface area contributed by atoms with Gasteiger partial charge in [0.15, 0.2) is 0 Å². The van der Waals surface area contributed by atoms with E-state index in [0.717, 1.165) is 25.2 Å². The third kappa shape index (κ3) is 2.99. The molecule has 1 aliphatic rings. The minimum Gasteiger partial charge on any atom is -0.411 e. The highest BCUT2D eigenvalue weighted by molar-refractivity contribution is 5.86. The second kappa shape index (κ2) is 5.22. The molecule has 1 unspecified atom stereocenters. The van der Waals surface area contributed by atoms with Crippen LogP contribution in [0.2, 0.25) is 0 Å². The van der Waals surface area contributed by atoms with Gasteiger partial charge in [0.1, 0.15) is 0 Å². The van der Waals surface area contributed by atoms with Crippen LogP contribution in [0.5, 0.6) is 0 Å². The minimum atomic E-state index is 0.426. The summed E-state index contributed by atoms with van der Waals surface area (Å²) >= 11 is 0. The average molecular weight is 184 g/mol. The quantitative estimate of drug-likeness (QED) is 0.537. The summed E-state index contributed by atoms with van der Waals surface area (Å²) in [4.78, 5) is 2.46. The molecule has 0 aromatic carbocycles. The van der Waals surface area contributed by atoms with Crippen LogP contribution in [0.25, 0.3) is 0 Å². The van der Waals surface area contributed by atoms with Gasteiger partial charge in [-0.1, -0.05) is 25.4 Å². The van der Waals surface area contributed by atoms with Crippen molar-refractivity contribution in [3.63, 3.8) is 0 Å². The number of rotatable bonds is 3. The van der Waals surface area contributed by atoms with E-state index >= 15 is 0 Å². The number of likely N-dealkylation sites (tertiary alicyclic amines) is 1. The predicted molar refractivity (Wildman–Crippen MR) is 54.4 cm³/mol. The topological polar surface area (TPSA) is 35.8 Å². The van der Waals surface area contributed by atoms with Crippen LogP contribution in [0.15, 0.2) is 5.16 Å². The summed E-state index contributed by atoms with van der Waals surface area (Å²) in [5, 5.41) is 12.0. The van der Waals surface area contributed by atoms with Crippen LogP contribution in [0.1, 0.15) is 33.1 Å². The first kappa shape index (κ1) is 10.5. The molecule has 3 nitrogen and oxygen atoms in total. The summed E-state index contributed by atoms with van der Waals surface area (Å²) in [6.45, 7) is 7.66. The van der Waals surface area contributed by atoms with Crippen molar-refractivity contribution in [2.45, 2.75) is 33.1 Å². The van der Waals surface area contributed by atoms with Crippen molar-refractivity contribution < 1.29 is 5.21 Å². The van der Waals surface area contributed by atoms with Crippen molar-refractivity contribution in [1.82, 2.24) is 4.90 Å². The molecule has 0 aliphatic carbocycles. The first-order valence-corrected chi connectivity index (χ1v) is 5.21. The lowest BCUT2D eigenvalue weighted by Crippen LogP contribution is -2.40. The Labute approximate surface area is 80.4 Å². The van der Waals surface area contributed by atoms with Gasteiger partial charge in [-0.05, 0) is 13.0 Å². The molecule has 76 valence electrons. The third-order valence-corrected chi connectivity index (χ3v) is 2.74. The Balaban J connectivity index is 2.32. The summed E-state index contributed by atoms with van der Waals surface area (Å²) in [6, 6.07) is 0. The summed E-state index contributed by atoms with van der Waals surface area (Å²) in [5.74, 6) is 0.426. The highest BCUT2D eigenvalue weighted by atomic mass is 16.4. The fourth-order valence-corrected chi connectivity index (χ4v) is 1.84. The maximum Gasteiger partial charge on any atom is 0.0624 e. The number of unbranched alkanes of at least 4 members (excludes halogenated alkanes) is 1. The highest BCUT2D eigenvalue weighted by Gasteiger charge is 2.21. The molecule has 0 saturated carbocycles. The number of nitrogens with zero attached hydrogens (tertiary/aromatic N) is 2. The van der Waals surface area contributed by atoms with Gasteiger partial charge in [-0.25, -0.2) is 0 Å². The van der Waals surface area contributed by atoms with Crippen molar-refractivity contribution in [1.29, 1.82) is 0 Å². The smallest absolute Gasteiger partial charge is 0.0624 e. The van der Waals surface area contributed by atoms with Gasteiger partial charge in [0.2, 0.25) is 0 Å². The summed E-state index contributed by atoms with van der Waals surface area (Å²) < 4.78 is 0. The van der Waals surface area contributed by atoms with Crippen molar-refractivity contribution in [2.24, 2.45) is 11.1 Å². The number of oxime groups is 1. The van der Waals surface area contributed by atoms with Gasteiger partial charge in [0.25, 0.3) is 0 Å². The molecule has 0 amide bonds. The fourth-order valence-electron chi connectivity index (χ4n) is 1.84. The molecule has 3 heteroatoms. The normalized spacial score (nSPS) is 28.2. The Kier molecular flexibility index (Phi) is 4.22. The van der Waals surface area contributed by atoms with Crippen LogP contribution >= 0.6 is 0 Å². The van der Waals surface area contributed by atoms with Gasteiger partial charge in [-0.3, -0.25) is 0 Å². The standard InChI is InChI=1S/C10H20N2O/c1-3-4-6-12-7-5-10(11-13)9(2)8-12/h9,13H,3-8H2,1-2H3/b11-10-. The zero-order valence-corrected chi connectivity index (χ0v) is 8.66. The Hall–Kier alpha value is -0.570. The molecule has 1 aliphatic heterocycles. The molecule has 1 heterocycles. The zero-order valence-electron chi connectivity index (χ0n) is 8.66. The van der Waals surface area contributed by atoms with Gasteiger partial charge >= 0.3 is 0 Å². The first-order chi connectivity index (χ1) is 6.27. The van der Waals surface area contributed by atoms with Gasteiger partial charge in [-0.15, -0.1) is 0 Å². The monoisotopic (exact) mass is 184 g/mol. The Morgan fingerprint density at radius 3 is 2.92 bits per heavy atom. The van der Waals surface area contributed by atoms with E-state index in [4.69, 9.17) is 5.21 Å². The van der Waals surface area contributed by atoms with Crippen LogP contribution in [-0.4, -0.2) is 35.5 Å². The lowest BCUT2D eigenvalue weighted by Gasteiger charge is -2.31. The molecule has 0 bridgehead atoms. The second-order valence-electron chi connectivity index (χ2n) is 3.90. The van der Waals surface area contributed by atoms with E-state index in [0.29, 0.717) is 5.92 Å². The van der Waals surface area contributed by atoms with Crippen molar-refractivity contribution in [3.8, 4) is 0 Å². The molecular formula is C10H20N2O. The van der Waals surface area contributed by atoms with Gasteiger partial charge < -0.3 is 10.1 Å². The molecule has 0 radical (unpaired) electrons. The molecule has 1 rings (SSSR count). The molecule has 0 aromatic rings. The predicted octanol–water partition coefficient (Wildman–Crippen LogP) is 1.96. The van der Waals surface area contributed by atoms with E-state index in [1.165, 1.54) is 19.4 Å². The van der Waals surface area contributed by atoms with Gasteiger partial charge in [0, 0.05) is 25.4 Å². The first-order valence-electron chi connectivity index (χ1n) is 5.21. The molecule has 0 spiro atoms. The van der Waals surface area contributed by atoms with E-state index in [9.17, 15) is 0 Å². The maximum atomic E-state index is 8.69. The van der Waals surface area contributed by atoms with Crippen molar-refractivity contribution >= 4 is 5.71 Å². The maximum absolute atomic E-state index is 8.69. The zero-order chi connectivity index (χ0) is 9.68. The van der Waals surface area contributed by atoms with E-state index in [1.54, 1.807) is 0 Å². The fraction of sp³-hybridized carbons (Fsp3) is 0.900.